The van der Waals surface area contributed by atoms with Gasteiger partial charge in [0.2, 0.25) is 0 Å². The Bertz CT molecular complexity index is 123. The highest BCUT2D eigenvalue weighted by Crippen LogP contribution is 2.08. The lowest BCUT2D eigenvalue weighted by molar-refractivity contribution is -0.165. The fourth-order valence-electron chi connectivity index (χ4n) is 0.483. The van der Waals surface area contributed by atoms with Gasteiger partial charge in [-0.3, -0.25) is 0 Å². The van der Waals surface area contributed by atoms with E-state index in [2.05, 4.69) is 4.74 Å². The maximum Gasteiger partial charge on any atom is 0.338 e. The van der Waals surface area contributed by atoms with Crippen molar-refractivity contribution in [3.05, 3.63) is 0 Å². The normalized spacial score (nSPS) is 16.3. The number of methoxy groups -OCH3 is 2. The van der Waals surface area contributed by atoms with E-state index in [0.717, 1.165) is 0 Å². The highest BCUT2D eigenvalue weighted by atomic mass is 16.5. The van der Waals surface area contributed by atoms with E-state index in [1.807, 2.05) is 0 Å². The molecule has 0 rings (SSSR count). The van der Waals surface area contributed by atoms with Crippen LogP contribution in [0.3, 0.4) is 0 Å². The summed E-state index contributed by atoms with van der Waals surface area (Å²) in [6.45, 7) is 1.51. The molecular weight excluding hydrogens is 136 g/mol. The molecule has 0 fully saturated rings. The third-order valence-electron chi connectivity index (χ3n) is 1.32. The summed E-state index contributed by atoms with van der Waals surface area (Å²) in [4.78, 5) is 10.4. The Morgan fingerprint density at radius 3 is 2.20 bits per heavy atom. The van der Waals surface area contributed by atoms with E-state index in [4.69, 9.17) is 9.84 Å². The molecule has 0 radical (unpaired) electrons. The minimum Gasteiger partial charge on any atom is -0.479 e. The molecule has 4 nitrogen and oxygen atoms in total. The van der Waals surface area contributed by atoms with Crippen LogP contribution >= 0.6 is 0 Å². The van der Waals surface area contributed by atoms with Crippen molar-refractivity contribution >= 4 is 5.97 Å². The molecule has 0 saturated heterocycles. The van der Waals surface area contributed by atoms with Gasteiger partial charge in [0.05, 0.1) is 6.61 Å². The molecule has 0 aromatic carbocycles. The minimum atomic E-state index is -1.21. The number of hydrogen-bond acceptors (Lipinski definition) is 3. The van der Waals surface area contributed by atoms with Gasteiger partial charge >= 0.3 is 5.97 Å². The molecular formula is C6H12O4. The van der Waals surface area contributed by atoms with Crippen molar-refractivity contribution in [1.82, 2.24) is 0 Å². The number of ether oxygens (including phenoxy) is 2. The first-order valence-corrected chi connectivity index (χ1v) is 2.84. The van der Waals surface area contributed by atoms with E-state index in [1.54, 1.807) is 0 Å². The van der Waals surface area contributed by atoms with Crippen molar-refractivity contribution in [1.29, 1.82) is 0 Å². The van der Waals surface area contributed by atoms with Crippen LogP contribution in [0, 0.1) is 0 Å². The van der Waals surface area contributed by atoms with E-state index in [0.29, 0.717) is 0 Å². The van der Waals surface area contributed by atoms with Crippen LogP contribution in [0.1, 0.15) is 6.92 Å². The van der Waals surface area contributed by atoms with Gasteiger partial charge in [0.15, 0.2) is 5.60 Å². The van der Waals surface area contributed by atoms with Crippen LogP contribution in [0.25, 0.3) is 0 Å². The van der Waals surface area contributed by atoms with Gasteiger partial charge in [-0.25, -0.2) is 4.79 Å². The first-order valence-electron chi connectivity index (χ1n) is 2.84. The third-order valence-corrected chi connectivity index (χ3v) is 1.32. The average molecular weight is 148 g/mol. The molecule has 4 heteroatoms. The van der Waals surface area contributed by atoms with E-state index >= 15 is 0 Å². The standard InChI is InChI=1S/C6H12O4/c1-6(10-3,4-9-2)5(7)8/h4H2,1-3H3,(H,7,8)/t6-/m0/s1. The molecule has 1 atom stereocenters. The quantitative estimate of drug-likeness (QED) is 0.615. The molecule has 0 heterocycles. The van der Waals surface area contributed by atoms with Crippen LogP contribution in [0.15, 0.2) is 0 Å². The topological polar surface area (TPSA) is 55.8 Å². The molecule has 0 aliphatic heterocycles. The Hall–Kier alpha value is -0.610. The molecule has 0 unspecified atom stereocenters. The second-order valence-electron chi connectivity index (χ2n) is 2.17. The van der Waals surface area contributed by atoms with Crippen LogP contribution in [0.4, 0.5) is 0 Å². The minimum absolute atomic E-state index is 0.0544. The van der Waals surface area contributed by atoms with Crippen LogP contribution in [0.5, 0.6) is 0 Å². The summed E-state index contributed by atoms with van der Waals surface area (Å²) in [7, 11) is 2.77. The monoisotopic (exact) mass is 148 g/mol. The zero-order valence-corrected chi connectivity index (χ0v) is 6.38. The predicted molar refractivity (Wildman–Crippen MR) is 34.9 cm³/mol. The smallest absolute Gasteiger partial charge is 0.338 e. The lowest BCUT2D eigenvalue weighted by Crippen LogP contribution is -2.41. The van der Waals surface area contributed by atoms with Gasteiger partial charge < -0.3 is 14.6 Å². The van der Waals surface area contributed by atoms with Crippen molar-refractivity contribution in [2.24, 2.45) is 0 Å². The molecule has 0 amide bonds. The van der Waals surface area contributed by atoms with Gasteiger partial charge in [-0.15, -0.1) is 0 Å². The lowest BCUT2D eigenvalue weighted by atomic mass is 10.1. The zero-order valence-electron chi connectivity index (χ0n) is 6.38. The van der Waals surface area contributed by atoms with Crippen molar-refractivity contribution in [2.45, 2.75) is 12.5 Å². The number of carbonyl (C=O) groups is 1. The number of carboxylic acids is 1. The lowest BCUT2D eigenvalue weighted by Gasteiger charge is -2.21. The van der Waals surface area contributed by atoms with Gasteiger partial charge in [-0.05, 0) is 6.92 Å². The Kier molecular flexibility index (Phi) is 3.32. The van der Waals surface area contributed by atoms with Gasteiger partial charge in [0.1, 0.15) is 0 Å². The Morgan fingerprint density at radius 1 is 1.60 bits per heavy atom. The highest BCUT2D eigenvalue weighted by Gasteiger charge is 2.32. The first-order chi connectivity index (χ1) is 4.56. The molecule has 10 heavy (non-hydrogen) atoms. The van der Waals surface area contributed by atoms with Crippen molar-refractivity contribution in [3.8, 4) is 0 Å². The molecule has 60 valence electrons. The Morgan fingerprint density at radius 2 is 2.10 bits per heavy atom. The molecule has 0 saturated carbocycles. The Balaban J connectivity index is 4.08. The predicted octanol–water partition coefficient (Wildman–Crippen LogP) is 0.123. The average Bonchev–Trinajstić information content (AvgIpc) is 1.88. The van der Waals surface area contributed by atoms with E-state index in [9.17, 15) is 4.79 Å². The van der Waals surface area contributed by atoms with Crippen LogP contribution < -0.4 is 0 Å². The summed E-state index contributed by atoms with van der Waals surface area (Å²) in [6, 6.07) is 0. The molecule has 0 aromatic heterocycles. The number of carboxylic acid groups (broad SMARTS) is 1. The van der Waals surface area contributed by atoms with Crippen LogP contribution in [0.2, 0.25) is 0 Å². The summed E-state index contributed by atoms with van der Waals surface area (Å²) in [5.74, 6) is -1.02. The van der Waals surface area contributed by atoms with Crippen molar-refractivity contribution in [3.63, 3.8) is 0 Å². The van der Waals surface area contributed by atoms with Crippen molar-refractivity contribution in [2.75, 3.05) is 20.8 Å². The maximum atomic E-state index is 10.4. The molecule has 0 aliphatic rings. The molecule has 0 bridgehead atoms. The van der Waals surface area contributed by atoms with Gasteiger partial charge in [-0.2, -0.15) is 0 Å². The highest BCUT2D eigenvalue weighted by molar-refractivity contribution is 5.77. The van der Waals surface area contributed by atoms with Crippen molar-refractivity contribution < 1.29 is 19.4 Å². The summed E-state index contributed by atoms with van der Waals surface area (Å²) in [6.07, 6.45) is 0. The number of aliphatic carboxylic acids is 1. The van der Waals surface area contributed by atoms with Crippen LogP contribution in [-0.4, -0.2) is 37.5 Å². The molecule has 1 N–H and O–H groups in total. The van der Waals surface area contributed by atoms with E-state index in [-0.39, 0.29) is 6.61 Å². The summed E-state index contributed by atoms with van der Waals surface area (Å²) < 4.78 is 9.37. The first kappa shape index (κ1) is 9.39. The molecule has 0 aliphatic carbocycles. The maximum absolute atomic E-state index is 10.4. The van der Waals surface area contributed by atoms with Gasteiger partial charge in [0, 0.05) is 14.2 Å². The van der Waals surface area contributed by atoms with Crippen LogP contribution in [-0.2, 0) is 14.3 Å². The molecule has 0 aromatic rings. The second kappa shape index (κ2) is 3.53. The summed E-state index contributed by atoms with van der Waals surface area (Å²) >= 11 is 0. The third kappa shape index (κ3) is 1.97. The van der Waals surface area contributed by atoms with Gasteiger partial charge in [0.25, 0.3) is 0 Å². The number of rotatable bonds is 4. The molecule has 0 spiro atoms. The zero-order chi connectivity index (χ0) is 8.20. The van der Waals surface area contributed by atoms with E-state index < -0.39 is 11.6 Å². The fourth-order valence-corrected chi connectivity index (χ4v) is 0.483. The summed E-state index contributed by atoms with van der Waals surface area (Å²) in [5.41, 5.74) is -1.21. The SMILES string of the molecule is COC[C@](C)(OC)C(=O)O. The number of hydrogen-bond donors (Lipinski definition) is 1. The largest absolute Gasteiger partial charge is 0.479 e. The van der Waals surface area contributed by atoms with E-state index in [1.165, 1.54) is 21.1 Å². The second-order valence-corrected chi connectivity index (χ2v) is 2.17. The van der Waals surface area contributed by atoms with Gasteiger partial charge in [-0.1, -0.05) is 0 Å². The fraction of sp³-hybridized carbons (Fsp3) is 0.833. The summed E-state index contributed by atoms with van der Waals surface area (Å²) in [5, 5.41) is 8.56. The Labute approximate surface area is 59.7 Å².